The lowest BCUT2D eigenvalue weighted by Gasteiger charge is -2.09. The first-order valence-electron chi connectivity index (χ1n) is 5.66. The summed E-state index contributed by atoms with van der Waals surface area (Å²) in [6, 6.07) is 7.83. The van der Waals surface area contributed by atoms with Gasteiger partial charge in [-0.2, -0.15) is 0 Å². The number of ether oxygens (including phenoxy) is 1. The predicted octanol–water partition coefficient (Wildman–Crippen LogP) is 5.09. The first-order chi connectivity index (χ1) is 9.63. The van der Waals surface area contributed by atoms with E-state index in [1.54, 1.807) is 24.5 Å². The number of hydrogen-bond acceptors (Lipinski definition) is 3. The molecule has 3 aromatic rings. The minimum absolute atomic E-state index is 0.328. The Bertz CT molecular complexity index is 795. The molecule has 2 aromatic heterocycles. The Labute approximate surface area is 131 Å². The normalized spacial score (nSPS) is 10.8. The number of rotatable bonds is 2. The maximum atomic E-state index is 13.1. The molecule has 3 rings (SSSR count). The summed E-state index contributed by atoms with van der Waals surface area (Å²) >= 11 is 6.62. The predicted molar refractivity (Wildman–Crippen MR) is 81.4 cm³/mol. The van der Waals surface area contributed by atoms with Crippen LogP contribution < -0.4 is 4.74 Å². The van der Waals surface area contributed by atoms with E-state index < -0.39 is 0 Å². The van der Waals surface area contributed by atoms with Crippen molar-refractivity contribution in [3.05, 3.63) is 57.5 Å². The highest BCUT2D eigenvalue weighted by Gasteiger charge is 2.09. The molecule has 20 heavy (non-hydrogen) atoms. The molecule has 0 aliphatic rings. The quantitative estimate of drug-likeness (QED) is 0.604. The van der Waals surface area contributed by atoms with Gasteiger partial charge in [-0.1, -0.05) is 0 Å². The second-order valence-corrected chi connectivity index (χ2v) is 5.78. The van der Waals surface area contributed by atoms with Crippen LogP contribution in [0.3, 0.4) is 0 Å². The number of benzene rings is 1. The second-order valence-electron chi connectivity index (χ2n) is 4.01. The number of fused-ring (bicyclic) bond motifs is 1. The average Bonchev–Trinajstić information content (AvgIpc) is 2.41. The van der Waals surface area contributed by atoms with Gasteiger partial charge < -0.3 is 4.74 Å². The molecule has 0 spiro atoms. The summed E-state index contributed by atoms with van der Waals surface area (Å²) < 4.78 is 20.2. The fraction of sp³-hybridized carbons (Fsp3) is 0. The van der Waals surface area contributed by atoms with Crippen LogP contribution in [0.15, 0.2) is 51.7 Å². The smallest absolute Gasteiger partial charge is 0.156 e. The van der Waals surface area contributed by atoms with Gasteiger partial charge in [-0.3, -0.25) is 4.98 Å². The van der Waals surface area contributed by atoms with Gasteiger partial charge in [0, 0.05) is 22.9 Å². The molecule has 1 aromatic carbocycles. The van der Waals surface area contributed by atoms with Crippen molar-refractivity contribution in [3.8, 4) is 11.5 Å². The minimum Gasteiger partial charge on any atom is -0.454 e. The molecule has 3 nitrogen and oxygen atoms in total. The van der Waals surface area contributed by atoms with E-state index >= 15 is 0 Å². The summed E-state index contributed by atoms with van der Waals surface area (Å²) in [5, 5.41) is 0. The van der Waals surface area contributed by atoms with E-state index in [9.17, 15) is 4.39 Å². The first-order valence-corrected chi connectivity index (χ1v) is 7.25. The molecule has 0 saturated carbocycles. The summed E-state index contributed by atoms with van der Waals surface area (Å²) in [6.45, 7) is 0. The number of aromatic nitrogens is 2. The van der Waals surface area contributed by atoms with Crippen molar-refractivity contribution in [1.29, 1.82) is 0 Å². The maximum Gasteiger partial charge on any atom is 0.156 e. The molecule has 0 amide bonds. The Morgan fingerprint density at radius 2 is 1.85 bits per heavy atom. The molecule has 2 heterocycles. The highest BCUT2D eigenvalue weighted by molar-refractivity contribution is 9.10. The number of hydrogen-bond donors (Lipinski definition) is 0. The van der Waals surface area contributed by atoms with Gasteiger partial charge in [0.05, 0.1) is 9.99 Å². The fourth-order valence-corrected chi connectivity index (χ4v) is 2.49. The number of nitrogens with zero attached hydrogens (tertiary/aromatic N) is 2. The maximum absolute atomic E-state index is 13.1. The Kier molecular flexibility index (Phi) is 3.67. The Morgan fingerprint density at radius 1 is 1.00 bits per heavy atom. The molecule has 100 valence electrons. The van der Waals surface area contributed by atoms with Crippen LogP contribution in [0.1, 0.15) is 0 Å². The molecular weight excluding hydrogens is 391 g/mol. The molecule has 0 unspecified atom stereocenters. The van der Waals surface area contributed by atoms with E-state index in [1.807, 2.05) is 6.07 Å². The van der Waals surface area contributed by atoms with E-state index in [0.29, 0.717) is 21.5 Å². The molecule has 0 atom stereocenters. The minimum atomic E-state index is -0.328. The summed E-state index contributed by atoms with van der Waals surface area (Å²) in [5.41, 5.74) is 1.36. The molecule has 0 aliphatic carbocycles. The van der Waals surface area contributed by atoms with Crippen molar-refractivity contribution in [2.75, 3.05) is 0 Å². The Hall–Kier alpha value is -1.53. The van der Waals surface area contributed by atoms with Crippen molar-refractivity contribution >= 4 is 42.9 Å². The third-order valence-corrected chi connectivity index (χ3v) is 3.67. The summed E-state index contributed by atoms with van der Waals surface area (Å²) in [5.74, 6) is 0.754. The standard InChI is InChI=1S/C14H7Br2FN2O/c15-8-5-11-14(19-7-8)13(3-4-18-11)20-12-2-1-9(17)6-10(12)16/h1-7H. The van der Waals surface area contributed by atoms with Gasteiger partial charge >= 0.3 is 0 Å². The molecule has 0 aliphatic heterocycles. The van der Waals surface area contributed by atoms with Crippen LogP contribution in [0.25, 0.3) is 11.0 Å². The lowest BCUT2D eigenvalue weighted by molar-refractivity contribution is 0.481. The van der Waals surface area contributed by atoms with Crippen LogP contribution >= 0.6 is 31.9 Å². The summed E-state index contributed by atoms with van der Waals surface area (Å²) in [6.07, 6.45) is 3.32. The number of pyridine rings is 2. The van der Waals surface area contributed by atoms with Gasteiger partial charge in [-0.15, -0.1) is 0 Å². The van der Waals surface area contributed by atoms with Gasteiger partial charge in [0.25, 0.3) is 0 Å². The van der Waals surface area contributed by atoms with Crippen molar-refractivity contribution < 1.29 is 9.13 Å². The molecule has 6 heteroatoms. The lowest BCUT2D eigenvalue weighted by Crippen LogP contribution is -1.91. The molecule has 0 N–H and O–H groups in total. The monoisotopic (exact) mass is 396 g/mol. The zero-order valence-corrected chi connectivity index (χ0v) is 13.2. The van der Waals surface area contributed by atoms with E-state index in [1.165, 1.54) is 12.1 Å². The topological polar surface area (TPSA) is 35.0 Å². The highest BCUT2D eigenvalue weighted by atomic mass is 79.9. The van der Waals surface area contributed by atoms with Gasteiger partial charge in [0.2, 0.25) is 0 Å². The zero-order chi connectivity index (χ0) is 14.1. The SMILES string of the molecule is Fc1ccc(Oc2ccnc3cc(Br)cnc23)c(Br)c1. The lowest BCUT2D eigenvalue weighted by atomic mass is 10.3. The first kappa shape index (κ1) is 13.5. The van der Waals surface area contributed by atoms with Crippen molar-refractivity contribution in [2.45, 2.75) is 0 Å². The summed E-state index contributed by atoms with van der Waals surface area (Å²) in [4.78, 5) is 8.54. The van der Waals surface area contributed by atoms with E-state index in [-0.39, 0.29) is 5.82 Å². The van der Waals surface area contributed by atoms with Crippen LogP contribution in [-0.2, 0) is 0 Å². The third kappa shape index (κ3) is 2.66. The van der Waals surface area contributed by atoms with Gasteiger partial charge in [0.15, 0.2) is 5.75 Å². The number of halogens is 3. The van der Waals surface area contributed by atoms with E-state index in [4.69, 9.17) is 4.74 Å². The van der Waals surface area contributed by atoms with Crippen LogP contribution in [0.5, 0.6) is 11.5 Å². The van der Waals surface area contributed by atoms with E-state index in [2.05, 4.69) is 41.8 Å². The molecule has 0 saturated heterocycles. The van der Waals surface area contributed by atoms with Crippen LogP contribution in [0, 0.1) is 5.82 Å². The summed E-state index contributed by atoms with van der Waals surface area (Å²) in [7, 11) is 0. The molecule has 0 radical (unpaired) electrons. The van der Waals surface area contributed by atoms with E-state index in [0.717, 1.165) is 9.99 Å². The Balaban J connectivity index is 2.06. The van der Waals surface area contributed by atoms with Crippen LogP contribution in [0.2, 0.25) is 0 Å². The van der Waals surface area contributed by atoms with Crippen LogP contribution in [-0.4, -0.2) is 9.97 Å². The van der Waals surface area contributed by atoms with Gasteiger partial charge in [-0.25, -0.2) is 9.37 Å². The molecule has 0 bridgehead atoms. The van der Waals surface area contributed by atoms with Crippen molar-refractivity contribution in [3.63, 3.8) is 0 Å². The average molecular weight is 398 g/mol. The van der Waals surface area contributed by atoms with Gasteiger partial charge in [-0.05, 0) is 56.1 Å². The zero-order valence-electron chi connectivity index (χ0n) is 9.98. The van der Waals surface area contributed by atoms with Crippen molar-refractivity contribution in [1.82, 2.24) is 9.97 Å². The third-order valence-electron chi connectivity index (χ3n) is 2.62. The highest BCUT2D eigenvalue weighted by Crippen LogP contribution is 2.33. The second kappa shape index (κ2) is 5.46. The molecule has 0 fully saturated rings. The van der Waals surface area contributed by atoms with Crippen molar-refractivity contribution in [2.24, 2.45) is 0 Å². The molecular formula is C14H7Br2FN2O. The fourth-order valence-electron chi connectivity index (χ4n) is 1.74. The van der Waals surface area contributed by atoms with Crippen LogP contribution in [0.4, 0.5) is 4.39 Å². The largest absolute Gasteiger partial charge is 0.454 e. The Morgan fingerprint density at radius 3 is 2.65 bits per heavy atom. The van der Waals surface area contributed by atoms with Gasteiger partial charge in [0.1, 0.15) is 17.1 Å².